The Morgan fingerprint density at radius 1 is 1.15 bits per heavy atom. The molecule has 0 bridgehead atoms. The second-order valence-electron chi connectivity index (χ2n) is 6.10. The van der Waals surface area contributed by atoms with E-state index >= 15 is 0 Å². The average molecular weight is 364 g/mol. The van der Waals surface area contributed by atoms with Crippen LogP contribution >= 0.6 is 0 Å². The lowest BCUT2D eigenvalue weighted by Gasteiger charge is -2.21. The van der Waals surface area contributed by atoms with Gasteiger partial charge in [-0.25, -0.2) is 0 Å². The minimum Gasteiger partial charge on any atom is -0.360 e. The fourth-order valence-electron chi connectivity index (χ4n) is 2.69. The third kappa shape index (κ3) is 4.20. The van der Waals surface area contributed by atoms with Gasteiger partial charge in [0.15, 0.2) is 5.82 Å². The monoisotopic (exact) mass is 364 g/mol. The van der Waals surface area contributed by atoms with Crippen molar-refractivity contribution in [3.63, 3.8) is 0 Å². The van der Waals surface area contributed by atoms with E-state index in [-0.39, 0.29) is 11.6 Å². The number of hydrogen-bond acceptors (Lipinski definition) is 5. The molecule has 0 aliphatic heterocycles. The van der Waals surface area contributed by atoms with Crippen LogP contribution in [0.2, 0.25) is 0 Å². The fourth-order valence-corrected chi connectivity index (χ4v) is 2.69. The van der Waals surface area contributed by atoms with Crippen molar-refractivity contribution in [1.29, 1.82) is 0 Å². The summed E-state index contributed by atoms with van der Waals surface area (Å²) >= 11 is 0. The van der Waals surface area contributed by atoms with Crippen molar-refractivity contribution in [2.24, 2.45) is 0 Å². The van der Waals surface area contributed by atoms with Gasteiger partial charge in [-0.15, -0.1) is 0 Å². The van der Waals surface area contributed by atoms with Crippen LogP contribution in [0.15, 0.2) is 53.2 Å². The van der Waals surface area contributed by atoms with Gasteiger partial charge in [0.25, 0.3) is 11.8 Å². The Kier molecular flexibility index (Phi) is 5.30. The maximum atomic E-state index is 13.0. The zero-order chi connectivity index (χ0) is 19.4. The average Bonchev–Trinajstić information content (AvgIpc) is 3.07. The van der Waals surface area contributed by atoms with Crippen LogP contribution in [0.3, 0.4) is 0 Å². The topological polar surface area (TPSA) is 88.3 Å². The summed E-state index contributed by atoms with van der Waals surface area (Å²) < 4.78 is 4.92. The SMILES string of the molecule is CCN(C(=O)c1ccnc(C(=O)Nc2cc(C)on2)c1)c1cccc(C)c1. The molecule has 0 aliphatic rings. The van der Waals surface area contributed by atoms with Gasteiger partial charge < -0.3 is 14.7 Å². The first-order valence-corrected chi connectivity index (χ1v) is 8.57. The van der Waals surface area contributed by atoms with Crippen molar-refractivity contribution >= 4 is 23.3 Å². The molecule has 2 heterocycles. The van der Waals surface area contributed by atoms with E-state index in [0.29, 0.717) is 23.7 Å². The first-order chi connectivity index (χ1) is 13.0. The number of hydrogen-bond donors (Lipinski definition) is 1. The molecule has 3 rings (SSSR count). The summed E-state index contributed by atoms with van der Waals surface area (Å²) in [4.78, 5) is 31.0. The highest BCUT2D eigenvalue weighted by Crippen LogP contribution is 2.19. The van der Waals surface area contributed by atoms with Gasteiger partial charge in [-0.2, -0.15) is 0 Å². The largest absolute Gasteiger partial charge is 0.360 e. The van der Waals surface area contributed by atoms with Crippen molar-refractivity contribution in [1.82, 2.24) is 10.1 Å². The van der Waals surface area contributed by atoms with Crippen LogP contribution in [0.25, 0.3) is 0 Å². The number of benzene rings is 1. The Morgan fingerprint density at radius 3 is 2.63 bits per heavy atom. The van der Waals surface area contributed by atoms with Crippen LogP contribution in [0.1, 0.15) is 39.1 Å². The van der Waals surface area contributed by atoms with Crippen molar-refractivity contribution < 1.29 is 14.1 Å². The van der Waals surface area contributed by atoms with E-state index in [0.717, 1.165) is 11.3 Å². The quantitative estimate of drug-likeness (QED) is 0.747. The van der Waals surface area contributed by atoms with Gasteiger partial charge >= 0.3 is 0 Å². The second kappa shape index (κ2) is 7.82. The summed E-state index contributed by atoms with van der Waals surface area (Å²) in [6.45, 7) is 6.11. The molecule has 1 aromatic carbocycles. The Labute approximate surface area is 157 Å². The molecule has 3 aromatic rings. The van der Waals surface area contributed by atoms with E-state index in [2.05, 4.69) is 15.5 Å². The summed E-state index contributed by atoms with van der Waals surface area (Å²) in [6, 6.07) is 12.4. The van der Waals surface area contributed by atoms with Crippen LogP contribution in [0.4, 0.5) is 11.5 Å². The molecule has 0 saturated carbocycles. The third-order valence-corrected chi connectivity index (χ3v) is 3.98. The van der Waals surface area contributed by atoms with Crippen molar-refractivity contribution in [3.8, 4) is 0 Å². The summed E-state index contributed by atoms with van der Waals surface area (Å²) in [5.74, 6) is 0.221. The number of carbonyl (C=O) groups excluding carboxylic acids is 2. The van der Waals surface area contributed by atoms with Crippen molar-refractivity contribution in [2.75, 3.05) is 16.8 Å². The molecule has 1 N–H and O–H groups in total. The lowest BCUT2D eigenvalue weighted by atomic mass is 10.1. The smallest absolute Gasteiger partial charge is 0.275 e. The van der Waals surface area contributed by atoms with E-state index in [1.807, 2.05) is 38.1 Å². The molecule has 0 saturated heterocycles. The number of aromatic nitrogens is 2. The fraction of sp³-hybridized carbons (Fsp3) is 0.200. The van der Waals surface area contributed by atoms with Crippen LogP contribution < -0.4 is 10.2 Å². The highest BCUT2D eigenvalue weighted by Gasteiger charge is 2.19. The number of rotatable bonds is 5. The van der Waals surface area contributed by atoms with Gasteiger partial charge in [0.05, 0.1) is 0 Å². The minimum absolute atomic E-state index is 0.127. The maximum absolute atomic E-state index is 13.0. The molecular formula is C20H20N4O3. The number of aryl methyl sites for hydroxylation is 2. The Hall–Kier alpha value is -3.48. The Morgan fingerprint density at radius 2 is 1.96 bits per heavy atom. The molecule has 7 nitrogen and oxygen atoms in total. The first-order valence-electron chi connectivity index (χ1n) is 8.57. The highest BCUT2D eigenvalue weighted by atomic mass is 16.5. The minimum atomic E-state index is -0.462. The summed E-state index contributed by atoms with van der Waals surface area (Å²) in [6.07, 6.45) is 1.44. The number of nitrogens with one attached hydrogen (secondary N) is 1. The number of anilines is 2. The van der Waals surface area contributed by atoms with Gasteiger partial charge in [0.2, 0.25) is 0 Å². The molecule has 27 heavy (non-hydrogen) atoms. The van der Waals surface area contributed by atoms with Crippen LogP contribution in [0.5, 0.6) is 0 Å². The molecule has 0 unspecified atom stereocenters. The standard InChI is InChI=1S/C20H20N4O3/c1-4-24(16-7-5-6-13(2)10-16)20(26)15-8-9-21-17(12-15)19(25)22-18-11-14(3)27-23-18/h5-12H,4H2,1-3H3,(H,22,23,25). The predicted molar refractivity (Wildman–Crippen MR) is 102 cm³/mol. The van der Waals surface area contributed by atoms with Gasteiger partial charge in [-0.1, -0.05) is 17.3 Å². The molecule has 0 fully saturated rings. The summed E-state index contributed by atoms with van der Waals surface area (Å²) in [7, 11) is 0. The lowest BCUT2D eigenvalue weighted by molar-refractivity contribution is 0.0988. The first kappa shape index (κ1) is 18.3. The number of pyridine rings is 1. The van der Waals surface area contributed by atoms with Crippen LogP contribution in [-0.2, 0) is 0 Å². The van der Waals surface area contributed by atoms with E-state index in [1.165, 1.54) is 12.3 Å². The molecule has 0 aliphatic carbocycles. The van der Waals surface area contributed by atoms with E-state index in [4.69, 9.17) is 4.52 Å². The molecular weight excluding hydrogens is 344 g/mol. The molecule has 0 radical (unpaired) electrons. The van der Waals surface area contributed by atoms with E-state index < -0.39 is 5.91 Å². The summed E-state index contributed by atoms with van der Waals surface area (Å²) in [5.41, 5.74) is 2.39. The van der Waals surface area contributed by atoms with Gasteiger partial charge in [0, 0.05) is 30.1 Å². The van der Waals surface area contributed by atoms with Crippen LogP contribution in [0, 0.1) is 13.8 Å². The van der Waals surface area contributed by atoms with Gasteiger partial charge in [0.1, 0.15) is 11.5 Å². The van der Waals surface area contributed by atoms with Crippen LogP contribution in [-0.4, -0.2) is 28.5 Å². The lowest BCUT2D eigenvalue weighted by Crippen LogP contribution is -2.31. The molecule has 2 amide bonds. The van der Waals surface area contributed by atoms with E-state index in [1.54, 1.807) is 24.0 Å². The Balaban J connectivity index is 1.83. The second-order valence-corrected chi connectivity index (χ2v) is 6.10. The molecule has 138 valence electrons. The van der Waals surface area contributed by atoms with E-state index in [9.17, 15) is 9.59 Å². The third-order valence-electron chi connectivity index (χ3n) is 3.98. The molecule has 0 spiro atoms. The zero-order valence-corrected chi connectivity index (χ0v) is 15.4. The van der Waals surface area contributed by atoms with Gasteiger partial charge in [-0.05, 0) is 50.6 Å². The number of nitrogens with zero attached hydrogens (tertiary/aromatic N) is 3. The molecule has 7 heteroatoms. The molecule has 2 aromatic heterocycles. The highest BCUT2D eigenvalue weighted by molar-refractivity contribution is 6.08. The normalized spacial score (nSPS) is 10.5. The van der Waals surface area contributed by atoms with Gasteiger partial charge in [-0.3, -0.25) is 14.6 Å². The predicted octanol–water partition coefficient (Wildman–Crippen LogP) is 3.61. The summed E-state index contributed by atoms with van der Waals surface area (Å²) in [5, 5.41) is 6.31. The number of amides is 2. The van der Waals surface area contributed by atoms with Crippen molar-refractivity contribution in [2.45, 2.75) is 20.8 Å². The molecule has 0 atom stereocenters. The number of carbonyl (C=O) groups is 2. The van der Waals surface area contributed by atoms with Crippen molar-refractivity contribution in [3.05, 3.63) is 71.2 Å². The zero-order valence-electron chi connectivity index (χ0n) is 15.4. The Bertz CT molecular complexity index is 981. The maximum Gasteiger partial charge on any atom is 0.275 e.